The number of anilines is 1. The lowest BCUT2D eigenvalue weighted by Gasteiger charge is -2.38. The second-order valence-corrected chi connectivity index (χ2v) is 9.66. The van der Waals surface area contributed by atoms with Crippen LogP contribution in [0.2, 0.25) is 0 Å². The van der Waals surface area contributed by atoms with Gasteiger partial charge in [-0.15, -0.1) is 0 Å². The third-order valence-corrected chi connectivity index (χ3v) is 6.95. The van der Waals surface area contributed by atoms with Gasteiger partial charge in [-0.2, -0.15) is 0 Å². The SMILES string of the molecule is CC1CN(C[C@@H]2CCC(=O)N2c2ccc(OCCCN3CCCC3C)cc2)CC(C)O1. The number of ether oxygens (including phenoxy) is 2. The average molecular weight is 430 g/mol. The first-order valence-corrected chi connectivity index (χ1v) is 12.2. The van der Waals surface area contributed by atoms with E-state index in [2.05, 4.69) is 30.6 Å². The van der Waals surface area contributed by atoms with Crippen LogP contribution < -0.4 is 9.64 Å². The van der Waals surface area contributed by atoms with Crippen LogP contribution in [0.1, 0.15) is 52.9 Å². The fourth-order valence-electron chi connectivity index (χ4n) is 5.49. The van der Waals surface area contributed by atoms with Crippen LogP contribution in [0.3, 0.4) is 0 Å². The summed E-state index contributed by atoms with van der Waals surface area (Å²) in [4.78, 5) is 19.7. The summed E-state index contributed by atoms with van der Waals surface area (Å²) >= 11 is 0. The lowest BCUT2D eigenvalue weighted by Crippen LogP contribution is -2.50. The minimum atomic E-state index is 0.229. The molecule has 31 heavy (non-hydrogen) atoms. The van der Waals surface area contributed by atoms with Gasteiger partial charge in [-0.05, 0) is 77.3 Å². The quantitative estimate of drug-likeness (QED) is 0.592. The van der Waals surface area contributed by atoms with Gasteiger partial charge in [0.25, 0.3) is 0 Å². The summed E-state index contributed by atoms with van der Waals surface area (Å²) < 4.78 is 11.8. The number of nitrogens with zero attached hydrogens (tertiary/aromatic N) is 3. The first-order chi connectivity index (χ1) is 15.0. The number of morpholine rings is 1. The van der Waals surface area contributed by atoms with Gasteiger partial charge in [0, 0.05) is 44.3 Å². The molecule has 4 atom stereocenters. The molecule has 3 fully saturated rings. The molecular weight excluding hydrogens is 390 g/mol. The van der Waals surface area contributed by atoms with E-state index < -0.39 is 0 Å². The number of amides is 1. The maximum absolute atomic E-state index is 12.7. The number of hydrogen-bond acceptors (Lipinski definition) is 5. The van der Waals surface area contributed by atoms with Crippen LogP contribution >= 0.6 is 0 Å². The van der Waals surface area contributed by atoms with Crippen LogP contribution in [0.4, 0.5) is 5.69 Å². The Morgan fingerprint density at radius 3 is 2.48 bits per heavy atom. The van der Waals surface area contributed by atoms with Crippen molar-refractivity contribution < 1.29 is 14.3 Å². The van der Waals surface area contributed by atoms with E-state index in [4.69, 9.17) is 9.47 Å². The zero-order chi connectivity index (χ0) is 21.8. The average Bonchev–Trinajstić information content (AvgIpc) is 3.30. The maximum Gasteiger partial charge on any atom is 0.227 e. The molecule has 6 nitrogen and oxygen atoms in total. The van der Waals surface area contributed by atoms with E-state index in [0.717, 1.165) is 57.1 Å². The lowest BCUT2D eigenvalue weighted by molar-refractivity contribution is -0.117. The van der Waals surface area contributed by atoms with E-state index in [1.54, 1.807) is 0 Å². The highest BCUT2D eigenvalue weighted by molar-refractivity contribution is 5.96. The number of carbonyl (C=O) groups is 1. The monoisotopic (exact) mass is 429 g/mol. The molecule has 6 heteroatoms. The normalized spacial score (nSPS) is 30.3. The smallest absolute Gasteiger partial charge is 0.227 e. The Morgan fingerprint density at radius 2 is 1.81 bits per heavy atom. The van der Waals surface area contributed by atoms with Gasteiger partial charge < -0.3 is 19.3 Å². The molecule has 0 aliphatic carbocycles. The summed E-state index contributed by atoms with van der Waals surface area (Å²) in [7, 11) is 0. The Hall–Kier alpha value is -1.63. The minimum absolute atomic E-state index is 0.229. The van der Waals surface area contributed by atoms with Crippen LogP contribution in [0.25, 0.3) is 0 Å². The molecule has 0 N–H and O–H groups in total. The molecular formula is C25H39N3O3. The molecule has 0 spiro atoms. The summed E-state index contributed by atoms with van der Waals surface area (Å²) in [6.45, 7) is 12.4. The predicted molar refractivity (Wildman–Crippen MR) is 124 cm³/mol. The summed E-state index contributed by atoms with van der Waals surface area (Å²) in [5.74, 6) is 1.12. The van der Waals surface area contributed by atoms with Crippen LogP contribution in [-0.2, 0) is 9.53 Å². The molecule has 4 rings (SSSR count). The minimum Gasteiger partial charge on any atom is -0.494 e. The summed E-state index contributed by atoms with van der Waals surface area (Å²) in [6.07, 6.45) is 5.75. The van der Waals surface area contributed by atoms with Gasteiger partial charge in [0.15, 0.2) is 0 Å². The van der Waals surface area contributed by atoms with Crippen molar-refractivity contribution in [3.8, 4) is 5.75 Å². The van der Waals surface area contributed by atoms with E-state index >= 15 is 0 Å². The van der Waals surface area contributed by atoms with E-state index in [1.165, 1.54) is 19.4 Å². The Kier molecular flexibility index (Phi) is 7.51. The standard InChI is InChI=1S/C25H39N3O3/c1-19-6-4-13-27(19)14-5-15-30-24-10-7-22(8-11-24)28-23(9-12-25(28)29)18-26-16-20(2)31-21(3)17-26/h7-8,10-11,19-21,23H,4-6,9,12-18H2,1-3H3/t19?,20?,21?,23-/m0/s1. The van der Waals surface area contributed by atoms with E-state index in [1.807, 2.05) is 29.2 Å². The summed E-state index contributed by atoms with van der Waals surface area (Å²) in [5.41, 5.74) is 0.986. The zero-order valence-electron chi connectivity index (χ0n) is 19.5. The molecule has 1 aromatic carbocycles. The highest BCUT2D eigenvalue weighted by Gasteiger charge is 2.35. The highest BCUT2D eigenvalue weighted by atomic mass is 16.5. The fraction of sp³-hybridized carbons (Fsp3) is 0.720. The third kappa shape index (κ3) is 5.79. The second kappa shape index (κ2) is 10.3. The lowest BCUT2D eigenvalue weighted by atomic mass is 10.1. The first kappa shape index (κ1) is 22.6. The molecule has 172 valence electrons. The van der Waals surface area contributed by atoms with Gasteiger partial charge in [-0.3, -0.25) is 9.69 Å². The zero-order valence-corrected chi connectivity index (χ0v) is 19.5. The van der Waals surface area contributed by atoms with E-state index in [0.29, 0.717) is 12.5 Å². The molecule has 3 aliphatic heterocycles. The number of likely N-dealkylation sites (tertiary alicyclic amines) is 1. The Labute approximate surface area is 187 Å². The van der Waals surface area contributed by atoms with Crippen molar-refractivity contribution in [2.45, 2.75) is 77.2 Å². The first-order valence-electron chi connectivity index (χ1n) is 12.2. The molecule has 0 bridgehead atoms. The van der Waals surface area contributed by atoms with Crippen LogP contribution in [-0.4, -0.2) is 79.3 Å². The van der Waals surface area contributed by atoms with Gasteiger partial charge in [-0.1, -0.05) is 0 Å². The van der Waals surface area contributed by atoms with Crippen molar-refractivity contribution in [2.75, 3.05) is 44.2 Å². The molecule has 1 aromatic rings. The number of rotatable bonds is 8. The van der Waals surface area contributed by atoms with Gasteiger partial charge >= 0.3 is 0 Å². The molecule has 0 saturated carbocycles. The third-order valence-electron chi connectivity index (χ3n) is 6.95. The molecule has 3 heterocycles. The predicted octanol–water partition coefficient (Wildman–Crippen LogP) is 3.54. The second-order valence-electron chi connectivity index (χ2n) is 9.66. The number of hydrogen-bond donors (Lipinski definition) is 0. The van der Waals surface area contributed by atoms with E-state index in [9.17, 15) is 4.79 Å². The Balaban J connectivity index is 1.28. The van der Waals surface area contributed by atoms with Crippen LogP contribution in [0.15, 0.2) is 24.3 Å². The van der Waals surface area contributed by atoms with Crippen molar-refractivity contribution in [1.82, 2.24) is 9.80 Å². The molecule has 3 saturated heterocycles. The van der Waals surface area contributed by atoms with Crippen molar-refractivity contribution in [2.24, 2.45) is 0 Å². The Bertz CT molecular complexity index is 715. The summed E-state index contributed by atoms with van der Waals surface area (Å²) in [6, 6.07) is 9.05. The van der Waals surface area contributed by atoms with Gasteiger partial charge in [0.2, 0.25) is 5.91 Å². The van der Waals surface area contributed by atoms with E-state index in [-0.39, 0.29) is 24.2 Å². The highest BCUT2D eigenvalue weighted by Crippen LogP contribution is 2.29. The number of benzene rings is 1. The van der Waals surface area contributed by atoms with Gasteiger partial charge in [0.1, 0.15) is 5.75 Å². The van der Waals surface area contributed by atoms with Gasteiger partial charge in [0.05, 0.1) is 24.9 Å². The molecule has 0 radical (unpaired) electrons. The van der Waals surface area contributed by atoms with Crippen molar-refractivity contribution in [3.63, 3.8) is 0 Å². The Morgan fingerprint density at radius 1 is 1.06 bits per heavy atom. The van der Waals surface area contributed by atoms with Crippen LogP contribution in [0.5, 0.6) is 5.75 Å². The van der Waals surface area contributed by atoms with Crippen molar-refractivity contribution in [1.29, 1.82) is 0 Å². The fourth-order valence-corrected chi connectivity index (χ4v) is 5.49. The van der Waals surface area contributed by atoms with Crippen LogP contribution in [0, 0.1) is 0 Å². The number of carbonyl (C=O) groups excluding carboxylic acids is 1. The molecule has 3 unspecified atom stereocenters. The van der Waals surface area contributed by atoms with Crippen molar-refractivity contribution >= 4 is 11.6 Å². The molecule has 3 aliphatic rings. The largest absolute Gasteiger partial charge is 0.494 e. The van der Waals surface area contributed by atoms with Gasteiger partial charge in [-0.25, -0.2) is 0 Å². The maximum atomic E-state index is 12.7. The molecule has 0 aromatic heterocycles. The molecule has 1 amide bonds. The summed E-state index contributed by atoms with van der Waals surface area (Å²) in [5, 5.41) is 0. The topological polar surface area (TPSA) is 45.2 Å². The van der Waals surface area contributed by atoms with Crippen molar-refractivity contribution in [3.05, 3.63) is 24.3 Å².